The SMILES string of the molecule is COc1ccc(Br)c2sc(Sc3nc4cc(C(F)(F)F)ccc4s3)nc12. The number of nitrogens with zero attached hydrogens (tertiary/aromatic N) is 2. The van der Waals surface area contributed by atoms with E-state index in [1.807, 2.05) is 12.1 Å². The van der Waals surface area contributed by atoms with Gasteiger partial charge in [-0.1, -0.05) is 0 Å². The molecule has 0 atom stereocenters. The summed E-state index contributed by atoms with van der Waals surface area (Å²) in [5, 5.41) is 0. The molecule has 2 aromatic carbocycles. The van der Waals surface area contributed by atoms with E-state index in [2.05, 4.69) is 25.9 Å². The molecule has 3 nitrogen and oxygen atoms in total. The minimum Gasteiger partial charge on any atom is -0.494 e. The number of aromatic nitrogens is 2. The van der Waals surface area contributed by atoms with Crippen LogP contribution in [0.1, 0.15) is 5.56 Å². The minimum absolute atomic E-state index is 0.340. The molecule has 134 valence electrons. The normalized spacial score (nSPS) is 12.2. The summed E-state index contributed by atoms with van der Waals surface area (Å²) in [6.45, 7) is 0. The van der Waals surface area contributed by atoms with Gasteiger partial charge in [0.15, 0.2) is 8.68 Å². The Labute approximate surface area is 166 Å². The number of rotatable bonds is 3. The lowest BCUT2D eigenvalue weighted by Gasteiger charge is -2.04. The standard InChI is InChI=1S/C16H8BrF3N2OS3/c1-23-10-4-3-8(17)13-12(10)22-15(25-13)26-14-21-9-6-7(16(18,19)20)2-5-11(9)24-14/h2-6H,1H3. The van der Waals surface area contributed by atoms with Crippen LogP contribution in [0.15, 0.2) is 43.5 Å². The van der Waals surface area contributed by atoms with Gasteiger partial charge in [-0.2, -0.15) is 13.2 Å². The Morgan fingerprint density at radius 1 is 1.08 bits per heavy atom. The van der Waals surface area contributed by atoms with Crippen molar-refractivity contribution in [2.45, 2.75) is 14.9 Å². The second-order valence-electron chi connectivity index (χ2n) is 5.17. The Balaban J connectivity index is 1.71. The van der Waals surface area contributed by atoms with Gasteiger partial charge in [0.25, 0.3) is 0 Å². The van der Waals surface area contributed by atoms with Crippen LogP contribution in [0.25, 0.3) is 20.4 Å². The van der Waals surface area contributed by atoms with E-state index in [4.69, 9.17) is 4.74 Å². The second-order valence-corrected chi connectivity index (χ2v) is 9.55. The number of hydrogen-bond donors (Lipinski definition) is 0. The van der Waals surface area contributed by atoms with E-state index in [1.165, 1.54) is 40.5 Å². The highest BCUT2D eigenvalue weighted by molar-refractivity contribution is 9.10. The van der Waals surface area contributed by atoms with Gasteiger partial charge in [-0.05, 0) is 58.0 Å². The third-order valence-electron chi connectivity index (χ3n) is 3.53. The van der Waals surface area contributed by atoms with Gasteiger partial charge in [-0.25, -0.2) is 9.97 Å². The molecule has 0 radical (unpaired) electrons. The fourth-order valence-electron chi connectivity index (χ4n) is 2.34. The van der Waals surface area contributed by atoms with E-state index in [0.717, 1.165) is 31.2 Å². The van der Waals surface area contributed by atoms with Crippen molar-refractivity contribution >= 4 is 70.8 Å². The Morgan fingerprint density at radius 3 is 2.58 bits per heavy atom. The summed E-state index contributed by atoms with van der Waals surface area (Å²) in [4.78, 5) is 8.90. The van der Waals surface area contributed by atoms with E-state index >= 15 is 0 Å². The molecule has 0 bridgehead atoms. The fraction of sp³-hybridized carbons (Fsp3) is 0.125. The smallest absolute Gasteiger partial charge is 0.416 e. The number of thiazole rings is 2. The highest BCUT2D eigenvalue weighted by atomic mass is 79.9. The first-order valence-corrected chi connectivity index (χ1v) is 10.4. The first kappa shape index (κ1) is 18.0. The average Bonchev–Trinajstić information content (AvgIpc) is 3.17. The van der Waals surface area contributed by atoms with Crippen LogP contribution in [-0.4, -0.2) is 17.1 Å². The average molecular weight is 477 g/mol. The number of ether oxygens (including phenoxy) is 1. The van der Waals surface area contributed by atoms with Gasteiger partial charge < -0.3 is 4.74 Å². The van der Waals surface area contributed by atoms with Crippen molar-refractivity contribution in [2.75, 3.05) is 7.11 Å². The second kappa shape index (κ2) is 6.66. The van der Waals surface area contributed by atoms with Gasteiger partial charge in [-0.15, -0.1) is 22.7 Å². The molecule has 0 fully saturated rings. The van der Waals surface area contributed by atoms with Crippen molar-refractivity contribution in [1.82, 2.24) is 9.97 Å². The molecule has 0 saturated carbocycles. The van der Waals surface area contributed by atoms with Crippen molar-refractivity contribution in [3.05, 3.63) is 40.4 Å². The lowest BCUT2D eigenvalue weighted by Crippen LogP contribution is -2.03. The van der Waals surface area contributed by atoms with E-state index in [9.17, 15) is 13.2 Å². The molecule has 0 N–H and O–H groups in total. The van der Waals surface area contributed by atoms with Gasteiger partial charge >= 0.3 is 6.18 Å². The summed E-state index contributed by atoms with van der Waals surface area (Å²) in [5.41, 5.74) is 0.391. The van der Waals surface area contributed by atoms with E-state index in [-0.39, 0.29) is 0 Å². The first-order chi connectivity index (χ1) is 12.3. The molecular formula is C16H8BrF3N2OS3. The highest BCUT2D eigenvalue weighted by Gasteiger charge is 2.30. The summed E-state index contributed by atoms with van der Waals surface area (Å²) < 4.78 is 47.8. The monoisotopic (exact) mass is 476 g/mol. The van der Waals surface area contributed by atoms with E-state index in [1.54, 1.807) is 7.11 Å². The van der Waals surface area contributed by atoms with Crippen molar-refractivity contribution in [3.8, 4) is 5.75 Å². The molecular weight excluding hydrogens is 469 g/mol. The van der Waals surface area contributed by atoms with Crippen LogP contribution in [0, 0.1) is 0 Å². The zero-order chi connectivity index (χ0) is 18.5. The molecule has 0 unspecified atom stereocenters. The van der Waals surface area contributed by atoms with Crippen LogP contribution in [0.5, 0.6) is 5.75 Å². The molecule has 0 saturated heterocycles. The maximum atomic E-state index is 12.8. The van der Waals surface area contributed by atoms with Crippen molar-refractivity contribution in [2.24, 2.45) is 0 Å². The third-order valence-corrected chi connectivity index (χ3v) is 7.70. The quantitative estimate of drug-likeness (QED) is 0.324. The summed E-state index contributed by atoms with van der Waals surface area (Å²) in [6, 6.07) is 7.33. The van der Waals surface area contributed by atoms with Crippen LogP contribution in [0.3, 0.4) is 0 Å². The first-order valence-electron chi connectivity index (χ1n) is 7.14. The lowest BCUT2D eigenvalue weighted by molar-refractivity contribution is -0.137. The molecule has 0 aliphatic carbocycles. The molecule has 0 spiro atoms. The predicted molar refractivity (Wildman–Crippen MR) is 103 cm³/mol. The van der Waals surface area contributed by atoms with Gasteiger partial charge in [0.2, 0.25) is 0 Å². The molecule has 10 heteroatoms. The summed E-state index contributed by atoms with van der Waals surface area (Å²) >= 11 is 7.66. The molecule has 0 aliphatic rings. The molecule has 4 rings (SSSR count). The Morgan fingerprint density at radius 2 is 1.85 bits per heavy atom. The maximum absolute atomic E-state index is 12.8. The van der Waals surface area contributed by atoms with Crippen LogP contribution in [-0.2, 0) is 6.18 Å². The van der Waals surface area contributed by atoms with Crippen molar-refractivity contribution < 1.29 is 17.9 Å². The summed E-state index contributed by atoms with van der Waals surface area (Å²) in [6.07, 6.45) is -4.37. The lowest BCUT2D eigenvalue weighted by atomic mass is 10.2. The number of alkyl halides is 3. The molecule has 4 aromatic rings. The fourth-order valence-corrected chi connectivity index (χ4v) is 6.22. The number of fused-ring (bicyclic) bond motifs is 2. The van der Waals surface area contributed by atoms with Crippen LogP contribution in [0.4, 0.5) is 13.2 Å². The number of hydrogen-bond acceptors (Lipinski definition) is 6. The van der Waals surface area contributed by atoms with Gasteiger partial charge in [0.05, 0.1) is 27.6 Å². The predicted octanol–water partition coefficient (Wildman–Crippen LogP) is 6.85. The Hall–Kier alpha value is -1.36. The summed E-state index contributed by atoms with van der Waals surface area (Å²) in [5.74, 6) is 0.672. The van der Waals surface area contributed by atoms with Crippen molar-refractivity contribution in [3.63, 3.8) is 0 Å². The Kier molecular flexibility index (Phi) is 4.62. The zero-order valence-electron chi connectivity index (χ0n) is 12.9. The minimum atomic E-state index is -4.37. The summed E-state index contributed by atoms with van der Waals surface area (Å²) in [7, 11) is 1.58. The Bertz CT molecular complexity index is 1120. The third kappa shape index (κ3) is 3.30. The van der Waals surface area contributed by atoms with Crippen LogP contribution in [0.2, 0.25) is 0 Å². The van der Waals surface area contributed by atoms with Gasteiger partial charge in [-0.3, -0.25) is 0 Å². The highest BCUT2D eigenvalue weighted by Crippen LogP contribution is 2.43. The van der Waals surface area contributed by atoms with Crippen LogP contribution >= 0.6 is 50.4 Å². The van der Waals surface area contributed by atoms with E-state index in [0.29, 0.717) is 20.3 Å². The van der Waals surface area contributed by atoms with Crippen molar-refractivity contribution in [1.29, 1.82) is 0 Å². The van der Waals surface area contributed by atoms with E-state index < -0.39 is 11.7 Å². The van der Waals surface area contributed by atoms with Gasteiger partial charge in [0, 0.05) is 4.47 Å². The van der Waals surface area contributed by atoms with Gasteiger partial charge in [0.1, 0.15) is 11.3 Å². The number of benzene rings is 2. The maximum Gasteiger partial charge on any atom is 0.416 e. The van der Waals surface area contributed by atoms with Crippen LogP contribution < -0.4 is 4.74 Å². The molecule has 2 aromatic heterocycles. The molecule has 0 amide bonds. The molecule has 0 aliphatic heterocycles. The molecule has 26 heavy (non-hydrogen) atoms. The number of methoxy groups -OCH3 is 1. The zero-order valence-corrected chi connectivity index (χ0v) is 17.0. The largest absolute Gasteiger partial charge is 0.494 e. The topological polar surface area (TPSA) is 35.0 Å². The number of halogens is 4. The molecule has 2 heterocycles.